The van der Waals surface area contributed by atoms with Crippen molar-refractivity contribution < 1.29 is 13.5 Å². The molecule has 6 heteroatoms. The van der Waals surface area contributed by atoms with Gasteiger partial charge in [0.2, 0.25) is 10.0 Å². The molecule has 1 aliphatic carbocycles. The first-order valence-corrected chi connectivity index (χ1v) is 8.29. The van der Waals surface area contributed by atoms with Crippen molar-refractivity contribution in [3.8, 4) is 6.07 Å². The Labute approximate surface area is 119 Å². The molecule has 0 radical (unpaired) electrons. The van der Waals surface area contributed by atoms with Crippen LogP contribution in [0, 0.1) is 17.2 Å². The molecule has 2 atom stereocenters. The predicted octanol–water partition coefficient (Wildman–Crippen LogP) is 1.14. The normalized spacial score (nSPS) is 22.6. The maximum Gasteiger partial charge on any atom is 0.216 e. The zero-order valence-corrected chi connectivity index (χ0v) is 11.9. The predicted molar refractivity (Wildman–Crippen MR) is 75.1 cm³/mol. The number of hydrogen-bond donors (Lipinski definition) is 2. The van der Waals surface area contributed by atoms with Crippen LogP contribution in [-0.4, -0.2) is 26.2 Å². The molecule has 0 saturated heterocycles. The Kier molecular flexibility index (Phi) is 4.76. The van der Waals surface area contributed by atoms with Gasteiger partial charge in [0, 0.05) is 12.6 Å². The van der Waals surface area contributed by atoms with Crippen molar-refractivity contribution in [1.29, 1.82) is 5.26 Å². The highest BCUT2D eigenvalue weighted by Gasteiger charge is 2.30. The number of rotatable bonds is 5. The van der Waals surface area contributed by atoms with E-state index in [0.717, 1.165) is 19.3 Å². The van der Waals surface area contributed by atoms with Gasteiger partial charge in [-0.15, -0.1) is 0 Å². The van der Waals surface area contributed by atoms with Gasteiger partial charge in [-0.25, -0.2) is 13.1 Å². The van der Waals surface area contributed by atoms with Crippen molar-refractivity contribution in [3.05, 3.63) is 35.4 Å². The average molecular weight is 294 g/mol. The van der Waals surface area contributed by atoms with Crippen molar-refractivity contribution in [2.75, 3.05) is 6.61 Å². The van der Waals surface area contributed by atoms with Crippen LogP contribution in [0.25, 0.3) is 0 Å². The standard InChI is InChI=1S/C14H18N2O3S/c15-8-11-3-1-4-12(7-11)10-20(18,19)16-14-6-2-5-13(14)9-17/h1,3-4,7,13-14,16-17H,2,5-6,9-10H2. The van der Waals surface area contributed by atoms with Gasteiger partial charge < -0.3 is 5.11 Å². The van der Waals surface area contributed by atoms with Gasteiger partial charge in [-0.05, 0) is 36.5 Å². The fraction of sp³-hybridized carbons (Fsp3) is 0.500. The Hall–Kier alpha value is -1.42. The molecule has 0 aliphatic heterocycles. The highest BCUT2D eigenvalue weighted by Crippen LogP contribution is 2.26. The van der Waals surface area contributed by atoms with E-state index in [4.69, 9.17) is 5.26 Å². The van der Waals surface area contributed by atoms with Crippen LogP contribution in [0.15, 0.2) is 24.3 Å². The number of nitriles is 1. The maximum atomic E-state index is 12.1. The quantitative estimate of drug-likeness (QED) is 0.852. The van der Waals surface area contributed by atoms with Crippen molar-refractivity contribution in [2.24, 2.45) is 5.92 Å². The van der Waals surface area contributed by atoms with E-state index in [2.05, 4.69) is 4.72 Å². The molecular formula is C14H18N2O3S. The molecule has 0 aromatic heterocycles. The zero-order chi connectivity index (χ0) is 14.6. The summed E-state index contributed by atoms with van der Waals surface area (Å²) in [6, 6.07) is 8.41. The third-order valence-electron chi connectivity index (χ3n) is 3.64. The van der Waals surface area contributed by atoms with E-state index in [9.17, 15) is 13.5 Å². The Morgan fingerprint density at radius 2 is 2.20 bits per heavy atom. The van der Waals surface area contributed by atoms with Crippen LogP contribution in [0.2, 0.25) is 0 Å². The van der Waals surface area contributed by atoms with E-state index < -0.39 is 10.0 Å². The fourth-order valence-electron chi connectivity index (χ4n) is 2.63. The van der Waals surface area contributed by atoms with E-state index in [0.29, 0.717) is 11.1 Å². The summed E-state index contributed by atoms with van der Waals surface area (Å²) in [5.41, 5.74) is 1.04. The summed E-state index contributed by atoms with van der Waals surface area (Å²) >= 11 is 0. The first kappa shape index (κ1) is 15.0. The minimum absolute atomic E-state index is 0.00946. The molecule has 2 N–H and O–H groups in total. The number of aliphatic hydroxyl groups is 1. The second-order valence-corrected chi connectivity index (χ2v) is 6.92. The fourth-order valence-corrected chi connectivity index (χ4v) is 4.11. The van der Waals surface area contributed by atoms with Gasteiger partial charge in [0.15, 0.2) is 0 Å². The number of nitrogens with one attached hydrogen (secondary N) is 1. The van der Waals surface area contributed by atoms with Crippen LogP contribution in [-0.2, 0) is 15.8 Å². The van der Waals surface area contributed by atoms with Gasteiger partial charge in [0.1, 0.15) is 0 Å². The molecule has 20 heavy (non-hydrogen) atoms. The molecular weight excluding hydrogens is 276 g/mol. The molecule has 1 saturated carbocycles. The van der Waals surface area contributed by atoms with Gasteiger partial charge in [0.25, 0.3) is 0 Å². The first-order chi connectivity index (χ1) is 9.54. The van der Waals surface area contributed by atoms with Crippen molar-refractivity contribution in [2.45, 2.75) is 31.1 Å². The molecule has 5 nitrogen and oxygen atoms in total. The molecule has 2 rings (SSSR count). The van der Waals surface area contributed by atoms with Gasteiger partial charge in [0.05, 0.1) is 17.4 Å². The Morgan fingerprint density at radius 1 is 1.40 bits per heavy atom. The summed E-state index contributed by atoms with van der Waals surface area (Å²) in [5.74, 6) is -0.132. The average Bonchev–Trinajstić information content (AvgIpc) is 2.84. The van der Waals surface area contributed by atoms with Crippen LogP contribution >= 0.6 is 0 Å². The summed E-state index contributed by atoms with van der Waals surface area (Å²) < 4.78 is 27.0. The number of hydrogen-bond acceptors (Lipinski definition) is 4. The number of nitrogens with zero attached hydrogens (tertiary/aromatic N) is 1. The molecule has 2 unspecified atom stereocenters. The smallest absolute Gasteiger partial charge is 0.216 e. The monoisotopic (exact) mass is 294 g/mol. The molecule has 1 aromatic rings. The summed E-state index contributed by atoms with van der Waals surface area (Å²) in [5, 5.41) is 18.0. The zero-order valence-electron chi connectivity index (χ0n) is 11.1. The van der Waals surface area contributed by atoms with Crippen LogP contribution in [0.3, 0.4) is 0 Å². The lowest BCUT2D eigenvalue weighted by Gasteiger charge is -2.19. The van der Waals surface area contributed by atoms with Crippen molar-refractivity contribution >= 4 is 10.0 Å². The maximum absolute atomic E-state index is 12.1. The second-order valence-electron chi connectivity index (χ2n) is 5.17. The third-order valence-corrected chi connectivity index (χ3v) is 5.01. The Balaban J connectivity index is 2.05. The Morgan fingerprint density at radius 3 is 2.90 bits per heavy atom. The van der Waals surface area contributed by atoms with E-state index >= 15 is 0 Å². The molecule has 1 aliphatic rings. The molecule has 0 heterocycles. The highest BCUT2D eigenvalue weighted by atomic mass is 32.2. The summed E-state index contributed by atoms with van der Waals surface area (Å²) in [7, 11) is -3.46. The van der Waals surface area contributed by atoms with Gasteiger partial charge in [-0.1, -0.05) is 18.6 Å². The van der Waals surface area contributed by atoms with Crippen molar-refractivity contribution in [3.63, 3.8) is 0 Å². The van der Waals surface area contributed by atoms with Crippen molar-refractivity contribution in [1.82, 2.24) is 4.72 Å². The van der Waals surface area contributed by atoms with Gasteiger partial charge in [-0.2, -0.15) is 5.26 Å². The second kappa shape index (κ2) is 6.35. The first-order valence-electron chi connectivity index (χ1n) is 6.64. The van der Waals surface area contributed by atoms with E-state index in [1.54, 1.807) is 24.3 Å². The lowest BCUT2D eigenvalue weighted by Crippen LogP contribution is -2.39. The number of aliphatic hydroxyl groups excluding tert-OH is 1. The molecule has 1 aromatic carbocycles. The highest BCUT2D eigenvalue weighted by molar-refractivity contribution is 7.88. The van der Waals surface area contributed by atoms with E-state index in [-0.39, 0.29) is 24.3 Å². The van der Waals surface area contributed by atoms with Crippen LogP contribution in [0.1, 0.15) is 30.4 Å². The lowest BCUT2D eigenvalue weighted by molar-refractivity contribution is 0.213. The summed E-state index contributed by atoms with van der Waals surface area (Å²) in [4.78, 5) is 0. The lowest BCUT2D eigenvalue weighted by atomic mass is 10.1. The van der Waals surface area contributed by atoms with E-state index in [1.165, 1.54) is 0 Å². The molecule has 0 bridgehead atoms. The molecule has 0 amide bonds. The summed E-state index contributed by atoms with van der Waals surface area (Å²) in [6.07, 6.45) is 2.55. The van der Waals surface area contributed by atoms with Crippen LogP contribution < -0.4 is 4.72 Å². The summed E-state index contributed by atoms with van der Waals surface area (Å²) in [6.45, 7) is 0.0110. The van der Waals surface area contributed by atoms with Gasteiger partial charge >= 0.3 is 0 Å². The number of sulfonamides is 1. The molecule has 0 spiro atoms. The van der Waals surface area contributed by atoms with Crippen LogP contribution in [0.4, 0.5) is 0 Å². The minimum Gasteiger partial charge on any atom is -0.396 e. The van der Waals surface area contributed by atoms with Gasteiger partial charge in [-0.3, -0.25) is 0 Å². The number of benzene rings is 1. The topological polar surface area (TPSA) is 90.2 Å². The van der Waals surface area contributed by atoms with Crippen LogP contribution in [0.5, 0.6) is 0 Å². The largest absolute Gasteiger partial charge is 0.396 e. The van der Waals surface area contributed by atoms with E-state index in [1.807, 2.05) is 6.07 Å². The molecule has 108 valence electrons. The third kappa shape index (κ3) is 3.79. The minimum atomic E-state index is -3.46. The SMILES string of the molecule is N#Cc1cccc(CS(=O)(=O)NC2CCCC2CO)c1. The molecule has 1 fully saturated rings. The Bertz CT molecular complexity index is 607.